The molecule has 1 aromatic carbocycles. The van der Waals surface area contributed by atoms with Gasteiger partial charge in [0.1, 0.15) is 0 Å². The number of Topliss-reactive ketones (excluding diaryl/α,β-unsaturated/α-hetero) is 1. The Morgan fingerprint density at radius 3 is 2.71 bits per heavy atom. The van der Waals surface area contributed by atoms with Gasteiger partial charge in [-0.2, -0.15) is 0 Å². The van der Waals surface area contributed by atoms with E-state index in [1.807, 2.05) is 38.1 Å². The van der Waals surface area contributed by atoms with E-state index in [-0.39, 0.29) is 37.2 Å². The van der Waals surface area contributed by atoms with E-state index in [0.29, 0.717) is 5.56 Å². The Morgan fingerprint density at radius 2 is 1.96 bits per heavy atom. The van der Waals surface area contributed by atoms with Crippen molar-refractivity contribution in [2.24, 2.45) is 0 Å². The second-order valence-electron chi connectivity index (χ2n) is 7.12. The molecule has 28 heavy (non-hydrogen) atoms. The predicted octanol–water partition coefficient (Wildman–Crippen LogP) is 4.06. The van der Waals surface area contributed by atoms with Gasteiger partial charge in [-0.05, 0) is 50.3 Å². The molecule has 0 radical (unpaired) electrons. The summed E-state index contributed by atoms with van der Waals surface area (Å²) in [7, 11) is 0. The molecule has 1 atom stereocenters. The number of hydrogen-bond acceptors (Lipinski definition) is 5. The van der Waals surface area contributed by atoms with E-state index in [4.69, 9.17) is 4.74 Å². The van der Waals surface area contributed by atoms with Crippen LogP contribution in [0.3, 0.4) is 0 Å². The first kappa shape index (κ1) is 20.3. The third kappa shape index (κ3) is 5.07. The first-order valence-electron chi connectivity index (χ1n) is 9.57. The van der Waals surface area contributed by atoms with Crippen LogP contribution in [0.25, 0.3) is 0 Å². The highest BCUT2D eigenvalue weighted by molar-refractivity contribution is 7.12. The molecule has 0 saturated carbocycles. The maximum atomic E-state index is 12.2. The second kappa shape index (κ2) is 9.15. The molecule has 1 heterocycles. The van der Waals surface area contributed by atoms with Crippen molar-refractivity contribution in [1.82, 2.24) is 5.32 Å². The van der Waals surface area contributed by atoms with Crippen LogP contribution in [0.4, 0.5) is 0 Å². The molecular weight excluding hydrogens is 374 g/mol. The van der Waals surface area contributed by atoms with Crippen LogP contribution in [0.2, 0.25) is 0 Å². The molecule has 0 saturated heterocycles. The number of esters is 1. The number of aryl methyl sites for hydroxylation is 3. The number of fused-ring (bicyclic) bond motifs is 1. The standard InChI is InChI=1S/C22H25NO4S/c1-14-12-18(15(2)28-14)20(24)10-11-22(26)27-13-21(25)23-19-9-5-7-16-6-3-4-8-17(16)19/h3-4,6,8,12,19H,5,7,9-11,13H2,1-2H3,(H,23,25)/t19-/m1/s1. The summed E-state index contributed by atoms with van der Waals surface area (Å²) in [6.45, 7) is 3.53. The van der Waals surface area contributed by atoms with Gasteiger partial charge in [0.05, 0.1) is 12.5 Å². The average molecular weight is 400 g/mol. The number of rotatable bonds is 7. The van der Waals surface area contributed by atoms with Crippen molar-refractivity contribution in [3.05, 3.63) is 56.8 Å². The van der Waals surface area contributed by atoms with E-state index >= 15 is 0 Å². The molecule has 0 aliphatic heterocycles. The SMILES string of the molecule is Cc1cc(C(=O)CCC(=O)OCC(=O)N[C@@H]2CCCc3ccccc32)c(C)s1. The maximum absolute atomic E-state index is 12.2. The van der Waals surface area contributed by atoms with Crippen LogP contribution in [0, 0.1) is 13.8 Å². The zero-order valence-corrected chi connectivity index (χ0v) is 17.1. The van der Waals surface area contributed by atoms with Gasteiger partial charge >= 0.3 is 5.97 Å². The minimum atomic E-state index is -0.530. The van der Waals surface area contributed by atoms with Crippen molar-refractivity contribution in [2.75, 3.05) is 6.61 Å². The van der Waals surface area contributed by atoms with E-state index in [1.54, 1.807) is 11.3 Å². The fraction of sp³-hybridized carbons (Fsp3) is 0.409. The van der Waals surface area contributed by atoms with Gasteiger partial charge in [0, 0.05) is 21.7 Å². The van der Waals surface area contributed by atoms with Crippen molar-refractivity contribution in [1.29, 1.82) is 0 Å². The van der Waals surface area contributed by atoms with Gasteiger partial charge in [-0.1, -0.05) is 24.3 Å². The minimum Gasteiger partial charge on any atom is -0.456 e. The van der Waals surface area contributed by atoms with E-state index in [2.05, 4.69) is 11.4 Å². The third-order valence-corrected chi connectivity index (χ3v) is 5.93. The monoisotopic (exact) mass is 399 g/mol. The molecule has 1 aromatic heterocycles. The van der Waals surface area contributed by atoms with Gasteiger partial charge in [0.2, 0.25) is 0 Å². The highest BCUT2D eigenvalue weighted by Crippen LogP contribution is 2.29. The molecule has 0 bridgehead atoms. The lowest BCUT2D eigenvalue weighted by Gasteiger charge is -2.26. The summed E-state index contributed by atoms with van der Waals surface area (Å²) in [5.74, 6) is -0.912. The number of nitrogens with one attached hydrogen (secondary N) is 1. The number of thiophene rings is 1. The molecule has 0 unspecified atom stereocenters. The normalized spacial score (nSPS) is 15.6. The van der Waals surface area contributed by atoms with Gasteiger partial charge < -0.3 is 10.1 Å². The largest absolute Gasteiger partial charge is 0.456 e. The number of hydrogen-bond donors (Lipinski definition) is 1. The van der Waals surface area contributed by atoms with Crippen molar-refractivity contribution in [3.8, 4) is 0 Å². The van der Waals surface area contributed by atoms with E-state index in [9.17, 15) is 14.4 Å². The van der Waals surface area contributed by atoms with Crippen molar-refractivity contribution in [2.45, 2.75) is 52.0 Å². The van der Waals surface area contributed by atoms with Crippen LogP contribution < -0.4 is 5.32 Å². The van der Waals surface area contributed by atoms with Crippen LogP contribution in [0.1, 0.15) is 63.0 Å². The summed E-state index contributed by atoms with van der Waals surface area (Å²) in [5, 5.41) is 2.95. The number of ketones is 1. The van der Waals surface area contributed by atoms with Crippen LogP contribution >= 0.6 is 11.3 Å². The minimum absolute atomic E-state index is 0.0211. The summed E-state index contributed by atoms with van der Waals surface area (Å²) in [6.07, 6.45) is 2.99. The Morgan fingerprint density at radius 1 is 1.18 bits per heavy atom. The zero-order valence-electron chi connectivity index (χ0n) is 16.2. The van der Waals surface area contributed by atoms with Gasteiger partial charge in [-0.3, -0.25) is 14.4 Å². The Hall–Kier alpha value is -2.47. The van der Waals surface area contributed by atoms with Crippen LogP contribution in [0.15, 0.2) is 30.3 Å². The molecule has 1 N–H and O–H groups in total. The fourth-order valence-electron chi connectivity index (χ4n) is 3.62. The molecule has 5 nitrogen and oxygen atoms in total. The summed E-state index contributed by atoms with van der Waals surface area (Å²) in [6, 6.07) is 9.90. The van der Waals surface area contributed by atoms with Crippen molar-refractivity contribution < 1.29 is 19.1 Å². The number of benzene rings is 1. The van der Waals surface area contributed by atoms with Crippen LogP contribution in [-0.2, 0) is 20.7 Å². The second-order valence-corrected chi connectivity index (χ2v) is 8.58. The zero-order chi connectivity index (χ0) is 20.1. The lowest BCUT2D eigenvalue weighted by molar-refractivity contribution is -0.148. The number of ether oxygens (including phenoxy) is 1. The highest BCUT2D eigenvalue weighted by atomic mass is 32.1. The molecular formula is C22H25NO4S. The quantitative estimate of drug-likeness (QED) is 0.563. The van der Waals surface area contributed by atoms with E-state index in [1.165, 1.54) is 5.56 Å². The maximum Gasteiger partial charge on any atom is 0.306 e. The fourth-order valence-corrected chi connectivity index (χ4v) is 4.56. The molecule has 1 aliphatic rings. The van der Waals surface area contributed by atoms with E-state index < -0.39 is 5.97 Å². The average Bonchev–Trinajstić information content (AvgIpc) is 3.03. The number of carbonyl (C=O) groups excluding carboxylic acids is 3. The van der Waals surface area contributed by atoms with Crippen LogP contribution in [-0.4, -0.2) is 24.3 Å². The first-order valence-corrected chi connectivity index (χ1v) is 10.4. The van der Waals surface area contributed by atoms with Gasteiger partial charge in [0.25, 0.3) is 5.91 Å². The Bertz CT molecular complexity index is 886. The first-order chi connectivity index (χ1) is 13.4. The third-order valence-electron chi connectivity index (χ3n) is 4.97. The Kier molecular flexibility index (Phi) is 6.62. The Labute approximate surface area is 169 Å². The summed E-state index contributed by atoms with van der Waals surface area (Å²) < 4.78 is 5.05. The summed E-state index contributed by atoms with van der Waals surface area (Å²) in [5.41, 5.74) is 3.07. The summed E-state index contributed by atoms with van der Waals surface area (Å²) in [4.78, 5) is 38.3. The predicted molar refractivity (Wildman–Crippen MR) is 109 cm³/mol. The lowest BCUT2D eigenvalue weighted by Crippen LogP contribution is -2.34. The van der Waals surface area contributed by atoms with Crippen molar-refractivity contribution >= 4 is 29.0 Å². The van der Waals surface area contributed by atoms with E-state index in [0.717, 1.165) is 34.6 Å². The van der Waals surface area contributed by atoms with Gasteiger partial charge in [-0.25, -0.2) is 0 Å². The lowest BCUT2D eigenvalue weighted by atomic mass is 9.88. The molecule has 3 rings (SSSR count). The smallest absolute Gasteiger partial charge is 0.306 e. The number of carbonyl (C=O) groups is 3. The van der Waals surface area contributed by atoms with Gasteiger partial charge in [0.15, 0.2) is 12.4 Å². The van der Waals surface area contributed by atoms with Crippen LogP contribution in [0.5, 0.6) is 0 Å². The molecule has 2 aromatic rings. The van der Waals surface area contributed by atoms with Crippen molar-refractivity contribution in [3.63, 3.8) is 0 Å². The summed E-state index contributed by atoms with van der Waals surface area (Å²) >= 11 is 1.57. The molecule has 6 heteroatoms. The molecule has 148 valence electrons. The number of amides is 1. The molecule has 1 amide bonds. The Balaban J connectivity index is 1.43. The van der Waals surface area contributed by atoms with Gasteiger partial charge in [-0.15, -0.1) is 11.3 Å². The molecule has 1 aliphatic carbocycles. The molecule has 0 spiro atoms. The highest BCUT2D eigenvalue weighted by Gasteiger charge is 2.22. The topological polar surface area (TPSA) is 72.5 Å². The molecule has 0 fully saturated rings.